The van der Waals surface area contributed by atoms with Gasteiger partial charge in [0.15, 0.2) is 17.6 Å². The van der Waals surface area contributed by atoms with Crippen LogP contribution in [0.25, 0.3) is 0 Å². The molecule has 6 nitrogen and oxygen atoms in total. The van der Waals surface area contributed by atoms with Crippen LogP contribution in [0.3, 0.4) is 0 Å². The number of likely N-dealkylation sites (N-methyl/N-ethyl adjacent to an activating group) is 1. The van der Waals surface area contributed by atoms with Crippen LogP contribution in [-0.2, 0) is 0 Å². The molecule has 0 radical (unpaired) electrons. The third kappa shape index (κ3) is 5.44. The van der Waals surface area contributed by atoms with Gasteiger partial charge in [0.05, 0.1) is 6.04 Å². The number of rotatable bonds is 6. The Bertz CT molecular complexity index is 820. The highest BCUT2D eigenvalue weighted by Gasteiger charge is 2.26. The van der Waals surface area contributed by atoms with Crippen LogP contribution in [-0.4, -0.2) is 62.7 Å². The molecule has 2 N–H and O–H groups in total. The molecule has 29 heavy (non-hydrogen) atoms. The van der Waals surface area contributed by atoms with Crippen LogP contribution in [0, 0.1) is 12.7 Å². The normalized spacial score (nSPS) is 18.2. The first-order chi connectivity index (χ1) is 14.0. The zero-order valence-corrected chi connectivity index (χ0v) is 17.7. The summed E-state index contributed by atoms with van der Waals surface area (Å²) in [6.07, 6.45) is 2.54. The molecule has 2 heterocycles. The first-order valence-corrected chi connectivity index (χ1v) is 10.0. The van der Waals surface area contributed by atoms with Crippen LogP contribution in [0.15, 0.2) is 47.6 Å². The molecule has 1 saturated heterocycles. The lowest BCUT2D eigenvalue weighted by Gasteiger charge is -2.27. The van der Waals surface area contributed by atoms with Crippen LogP contribution >= 0.6 is 0 Å². The van der Waals surface area contributed by atoms with E-state index in [1.165, 1.54) is 17.2 Å². The maximum atomic E-state index is 14.0. The van der Waals surface area contributed by atoms with E-state index in [1.54, 1.807) is 19.3 Å². The highest BCUT2D eigenvalue weighted by atomic mass is 19.1. The third-order valence-electron chi connectivity index (χ3n) is 5.34. The van der Waals surface area contributed by atoms with Gasteiger partial charge in [-0.15, -0.1) is 0 Å². The molecular weight excluding hydrogens is 367 g/mol. The minimum Gasteiger partial charge on any atom is -0.354 e. The lowest BCUT2D eigenvalue weighted by molar-refractivity contribution is 0.298. The van der Waals surface area contributed by atoms with Gasteiger partial charge in [0.2, 0.25) is 0 Å². The van der Waals surface area contributed by atoms with Gasteiger partial charge < -0.3 is 20.4 Å². The SMILES string of the molecule is CN=C(NCC(c1ccc(C)cc1)N(C)C)NC1CCN(c2ncccc2F)C1. The predicted molar refractivity (Wildman–Crippen MR) is 117 cm³/mol. The standard InChI is InChI=1S/C22H31FN6/c1-16-7-9-17(10-8-16)20(28(3)4)14-26-22(24-2)27-18-11-13-29(15-18)21-19(23)6-5-12-25-21/h5-10,12,18,20H,11,13-15H2,1-4H3,(H2,24,26,27). The minimum atomic E-state index is -0.275. The molecule has 0 saturated carbocycles. The average molecular weight is 399 g/mol. The van der Waals surface area contributed by atoms with Gasteiger partial charge in [0, 0.05) is 38.9 Å². The Morgan fingerprint density at radius 3 is 2.72 bits per heavy atom. The van der Waals surface area contributed by atoms with E-state index in [0.717, 1.165) is 25.5 Å². The zero-order chi connectivity index (χ0) is 20.8. The van der Waals surface area contributed by atoms with Crippen molar-refractivity contribution in [2.45, 2.75) is 25.4 Å². The van der Waals surface area contributed by atoms with E-state index in [1.807, 2.05) is 4.90 Å². The fourth-order valence-electron chi connectivity index (χ4n) is 3.65. The number of aryl methyl sites for hydroxylation is 1. The number of hydrogen-bond acceptors (Lipinski definition) is 4. The number of guanidine groups is 1. The van der Waals surface area contributed by atoms with E-state index in [2.05, 4.69) is 70.8 Å². The lowest BCUT2D eigenvalue weighted by atomic mass is 10.0. The van der Waals surface area contributed by atoms with Crippen LogP contribution in [0.5, 0.6) is 0 Å². The van der Waals surface area contributed by atoms with E-state index in [-0.39, 0.29) is 17.9 Å². The van der Waals surface area contributed by atoms with Crippen LogP contribution in [0.4, 0.5) is 10.2 Å². The van der Waals surface area contributed by atoms with Crippen molar-refractivity contribution < 1.29 is 4.39 Å². The summed E-state index contributed by atoms with van der Waals surface area (Å²) < 4.78 is 14.0. The van der Waals surface area contributed by atoms with Gasteiger partial charge in [-0.2, -0.15) is 0 Å². The van der Waals surface area contributed by atoms with Crippen molar-refractivity contribution in [1.82, 2.24) is 20.5 Å². The lowest BCUT2D eigenvalue weighted by Crippen LogP contribution is -2.46. The molecule has 0 amide bonds. The van der Waals surface area contributed by atoms with Gasteiger partial charge >= 0.3 is 0 Å². The van der Waals surface area contributed by atoms with Crippen molar-refractivity contribution >= 4 is 11.8 Å². The summed E-state index contributed by atoms with van der Waals surface area (Å²) in [5.41, 5.74) is 2.52. The number of anilines is 1. The van der Waals surface area contributed by atoms with Gasteiger partial charge in [-0.1, -0.05) is 29.8 Å². The molecule has 0 bridgehead atoms. The summed E-state index contributed by atoms with van der Waals surface area (Å²) in [6.45, 7) is 4.30. The molecule has 2 unspecified atom stereocenters. The first-order valence-electron chi connectivity index (χ1n) is 10.0. The third-order valence-corrected chi connectivity index (χ3v) is 5.34. The average Bonchev–Trinajstić information content (AvgIpc) is 3.17. The second kappa shape index (κ2) is 9.69. The Kier molecular flexibility index (Phi) is 7.04. The molecule has 0 spiro atoms. The van der Waals surface area contributed by atoms with Crippen molar-refractivity contribution in [2.24, 2.45) is 4.99 Å². The van der Waals surface area contributed by atoms with Crippen molar-refractivity contribution in [2.75, 3.05) is 45.7 Å². The maximum Gasteiger partial charge on any atom is 0.191 e. The Balaban J connectivity index is 1.56. The summed E-state index contributed by atoms with van der Waals surface area (Å²) in [6, 6.07) is 12.1. The predicted octanol–water partition coefficient (Wildman–Crippen LogP) is 2.58. The van der Waals surface area contributed by atoms with E-state index < -0.39 is 0 Å². The Morgan fingerprint density at radius 1 is 1.31 bits per heavy atom. The summed E-state index contributed by atoms with van der Waals surface area (Å²) in [4.78, 5) is 12.7. The fourth-order valence-corrected chi connectivity index (χ4v) is 3.65. The molecule has 7 heteroatoms. The number of hydrogen-bond donors (Lipinski definition) is 2. The van der Waals surface area contributed by atoms with Crippen molar-refractivity contribution in [1.29, 1.82) is 0 Å². The van der Waals surface area contributed by atoms with Crippen LogP contribution in [0.1, 0.15) is 23.6 Å². The topological polar surface area (TPSA) is 55.8 Å². The van der Waals surface area contributed by atoms with Gasteiger partial charge in [0.25, 0.3) is 0 Å². The van der Waals surface area contributed by atoms with E-state index >= 15 is 0 Å². The van der Waals surface area contributed by atoms with E-state index in [4.69, 9.17) is 0 Å². The van der Waals surface area contributed by atoms with E-state index in [0.29, 0.717) is 12.4 Å². The Labute approximate surface area is 172 Å². The molecule has 1 aliphatic heterocycles. The fraction of sp³-hybridized carbons (Fsp3) is 0.455. The van der Waals surface area contributed by atoms with Gasteiger partial charge in [-0.3, -0.25) is 4.99 Å². The number of halogens is 1. The number of pyridine rings is 1. The minimum absolute atomic E-state index is 0.194. The van der Waals surface area contributed by atoms with E-state index in [9.17, 15) is 4.39 Å². The number of nitrogens with zero attached hydrogens (tertiary/aromatic N) is 4. The molecule has 3 rings (SSSR count). The largest absolute Gasteiger partial charge is 0.354 e. The maximum absolute atomic E-state index is 14.0. The summed E-state index contributed by atoms with van der Waals surface area (Å²) in [5.74, 6) is 0.909. The van der Waals surface area contributed by atoms with Gasteiger partial charge in [-0.25, -0.2) is 9.37 Å². The number of aliphatic imine (C=N–C) groups is 1. The van der Waals surface area contributed by atoms with Crippen LogP contribution < -0.4 is 15.5 Å². The Morgan fingerprint density at radius 2 is 2.07 bits per heavy atom. The number of nitrogens with one attached hydrogen (secondary N) is 2. The second-order valence-electron chi connectivity index (χ2n) is 7.73. The van der Waals surface area contributed by atoms with Gasteiger partial charge in [0.1, 0.15) is 0 Å². The van der Waals surface area contributed by atoms with Crippen molar-refractivity contribution in [3.05, 3.63) is 59.5 Å². The molecule has 2 atom stereocenters. The smallest absolute Gasteiger partial charge is 0.191 e. The number of benzene rings is 1. The molecular formula is C22H31FN6. The summed E-state index contributed by atoms with van der Waals surface area (Å²) in [7, 11) is 5.94. The quantitative estimate of drug-likeness (QED) is 0.579. The van der Waals surface area contributed by atoms with Crippen molar-refractivity contribution in [3.63, 3.8) is 0 Å². The number of aromatic nitrogens is 1. The van der Waals surface area contributed by atoms with Gasteiger partial charge in [-0.05, 0) is 45.1 Å². The Hall–Kier alpha value is -2.67. The molecule has 1 fully saturated rings. The molecule has 1 aromatic carbocycles. The summed E-state index contributed by atoms with van der Waals surface area (Å²) in [5, 5.41) is 6.91. The van der Waals surface area contributed by atoms with Crippen LogP contribution in [0.2, 0.25) is 0 Å². The monoisotopic (exact) mass is 398 g/mol. The molecule has 1 aliphatic rings. The first kappa shape index (κ1) is 21.0. The second-order valence-corrected chi connectivity index (χ2v) is 7.73. The highest BCUT2D eigenvalue weighted by Crippen LogP contribution is 2.21. The highest BCUT2D eigenvalue weighted by molar-refractivity contribution is 5.80. The zero-order valence-electron chi connectivity index (χ0n) is 17.7. The summed E-state index contributed by atoms with van der Waals surface area (Å²) >= 11 is 0. The molecule has 156 valence electrons. The molecule has 1 aromatic heterocycles. The molecule has 0 aliphatic carbocycles. The molecule has 2 aromatic rings. The van der Waals surface area contributed by atoms with Crippen molar-refractivity contribution in [3.8, 4) is 0 Å².